The molecule has 7 nitrogen and oxygen atoms in total. The molecule has 1 heterocycles. The van der Waals surface area contributed by atoms with Crippen molar-refractivity contribution in [2.24, 2.45) is 0 Å². The number of aromatic nitrogens is 3. The number of thioether (sulfide) groups is 1. The molecule has 8 heteroatoms. The predicted octanol–water partition coefficient (Wildman–Crippen LogP) is 4.49. The maximum absolute atomic E-state index is 13.2. The van der Waals surface area contributed by atoms with Gasteiger partial charge < -0.3 is 14.8 Å². The topological polar surface area (TPSA) is 78.3 Å². The summed E-state index contributed by atoms with van der Waals surface area (Å²) >= 11 is 1.66. The third-order valence-corrected chi connectivity index (χ3v) is 5.48. The molecular weight excluding hydrogens is 400 g/mol. The maximum atomic E-state index is 13.2. The highest BCUT2D eigenvalue weighted by Gasteiger charge is 2.23. The van der Waals surface area contributed by atoms with Crippen molar-refractivity contribution in [3.63, 3.8) is 0 Å². The van der Waals surface area contributed by atoms with E-state index in [1.807, 2.05) is 30.3 Å². The quantitative estimate of drug-likeness (QED) is 0.543. The fourth-order valence-corrected chi connectivity index (χ4v) is 3.53. The van der Waals surface area contributed by atoms with Gasteiger partial charge in [0.05, 0.1) is 20.1 Å². The zero-order valence-corrected chi connectivity index (χ0v) is 18.5. The van der Waals surface area contributed by atoms with Crippen LogP contribution in [0, 0.1) is 0 Å². The van der Waals surface area contributed by atoms with Crippen LogP contribution in [0.5, 0.6) is 11.5 Å². The fraction of sp³-hybridized carbons (Fsp3) is 0.318. The smallest absolute Gasteiger partial charge is 0.276 e. The molecule has 0 atom stereocenters. The van der Waals surface area contributed by atoms with E-state index in [0.29, 0.717) is 28.8 Å². The van der Waals surface area contributed by atoms with Gasteiger partial charge in [0.25, 0.3) is 5.91 Å². The van der Waals surface area contributed by atoms with Crippen LogP contribution in [0.25, 0.3) is 11.3 Å². The Bertz CT molecular complexity index is 1000. The number of aryl methyl sites for hydroxylation is 1. The summed E-state index contributed by atoms with van der Waals surface area (Å²) in [5.41, 5.74) is 3.57. The van der Waals surface area contributed by atoms with Crippen molar-refractivity contribution in [2.45, 2.75) is 26.1 Å². The van der Waals surface area contributed by atoms with Crippen LogP contribution >= 0.6 is 11.8 Å². The summed E-state index contributed by atoms with van der Waals surface area (Å²) in [6, 6.07) is 13.3. The van der Waals surface area contributed by atoms with Crippen molar-refractivity contribution >= 4 is 23.4 Å². The van der Waals surface area contributed by atoms with Crippen LogP contribution in [0.1, 0.15) is 29.9 Å². The summed E-state index contributed by atoms with van der Waals surface area (Å²) in [6.45, 7) is 4.16. The number of anilines is 1. The summed E-state index contributed by atoms with van der Waals surface area (Å²) in [5.74, 6) is 2.36. The van der Waals surface area contributed by atoms with E-state index in [4.69, 9.17) is 9.47 Å². The van der Waals surface area contributed by atoms with Crippen LogP contribution in [0.4, 0.5) is 5.69 Å². The summed E-state index contributed by atoms with van der Waals surface area (Å²) in [4.78, 5) is 13.2. The summed E-state index contributed by atoms with van der Waals surface area (Å²) in [5, 5.41) is 11.5. The number of amides is 1. The number of hydrogen-bond donors (Lipinski definition) is 1. The largest absolute Gasteiger partial charge is 0.493 e. The minimum Gasteiger partial charge on any atom is -0.493 e. The second-order valence-electron chi connectivity index (χ2n) is 6.48. The molecule has 0 aliphatic heterocycles. The van der Waals surface area contributed by atoms with Crippen LogP contribution in [-0.4, -0.2) is 40.9 Å². The van der Waals surface area contributed by atoms with E-state index in [-0.39, 0.29) is 5.91 Å². The molecule has 0 spiro atoms. The number of methoxy groups -OCH3 is 2. The molecule has 2 aromatic carbocycles. The standard InChI is InChI=1S/C22H26N4O3S/c1-5-15-7-10-17(11-8-15)23-22(27)21-20(24-25-26(21)14-30-6-2)16-9-12-18(28-3)19(13-16)29-4/h7-13H,5-6,14H2,1-4H3,(H,23,27). The van der Waals surface area contributed by atoms with E-state index in [0.717, 1.165) is 23.4 Å². The van der Waals surface area contributed by atoms with E-state index < -0.39 is 0 Å². The number of nitrogens with one attached hydrogen (secondary N) is 1. The lowest BCUT2D eigenvalue weighted by Crippen LogP contribution is -2.18. The van der Waals surface area contributed by atoms with Crippen LogP contribution in [0.3, 0.4) is 0 Å². The molecule has 0 aliphatic carbocycles. The number of benzene rings is 2. The molecule has 30 heavy (non-hydrogen) atoms. The van der Waals surface area contributed by atoms with Gasteiger partial charge in [-0.15, -0.1) is 16.9 Å². The van der Waals surface area contributed by atoms with Gasteiger partial charge in [-0.3, -0.25) is 4.79 Å². The summed E-state index contributed by atoms with van der Waals surface area (Å²) in [7, 11) is 3.16. The Morgan fingerprint density at radius 2 is 1.80 bits per heavy atom. The Balaban J connectivity index is 1.98. The third-order valence-electron chi connectivity index (χ3n) is 4.64. The molecule has 0 unspecified atom stereocenters. The van der Waals surface area contributed by atoms with Gasteiger partial charge in [-0.25, -0.2) is 4.68 Å². The van der Waals surface area contributed by atoms with Crippen molar-refractivity contribution < 1.29 is 14.3 Å². The van der Waals surface area contributed by atoms with Gasteiger partial charge >= 0.3 is 0 Å². The minimum atomic E-state index is -0.259. The van der Waals surface area contributed by atoms with E-state index in [1.165, 1.54) is 5.56 Å². The monoisotopic (exact) mass is 426 g/mol. The van der Waals surface area contributed by atoms with Crippen molar-refractivity contribution in [3.8, 4) is 22.8 Å². The second kappa shape index (κ2) is 10.2. The lowest BCUT2D eigenvalue weighted by molar-refractivity contribution is 0.101. The van der Waals surface area contributed by atoms with E-state index >= 15 is 0 Å². The zero-order valence-electron chi connectivity index (χ0n) is 17.6. The Labute approximate surface area is 180 Å². The number of carbonyl (C=O) groups is 1. The van der Waals surface area contributed by atoms with Gasteiger partial charge in [-0.1, -0.05) is 31.2 Å². The Hall–Kier alpha value is -3.00. The van der Waals surface area contributed by atoms with Crippen LogP contribution in [0.2, 0.25) is 0 Å². The number of hydrogen-bond acceptors (Lipinski definition) is 6. The van der Waals surface area contributed by atoms with Gasteiger partial charge in [-0.2, -0.15) is 0 Å². The molecule has 0 saturated heterocycles. The van der Waals surface area contributed by atoms with E-state index in [1.54, 1.807) is 42.8 Å². The number of nitrogens with zero attached hydrogens (tertiary/aromatic N) is 3. The van der Waals surface area contributed by atoms with Gasteiger partial charge in [0.15, 0.2) is 17.2 Å². The fourth-order valence-electron chi connectivity index (χ4n) is 3.00. The van der Waals surface area contributed by atoms with Gasteiger partial charge in [0.2, 0.25) is 0 Å². The normalized spacial score (nSPS) is 10.7. The molecule has 0 aliphatic rings. The lowest BCUT2D eigenvalue weighted by atomic mass is 10.1. The first-order chi connectivity index (χ1) is 14.6. The molecule has 1 amide bonds. The van der Waals surface area contributed by atoms with Crippen molar-refractivity contribution in [2.75, 3.05) is 25.3 Å². The molecule has 0 bridgehead atoms. The first-order valence-electron chi connectivity index (χ1n) is 9.75. The van der Waals surface area contributed by atoms with Crippen LogP contribution in [-0.2, 0) is 12.3 Å². The summed E-state index contributed by atoms with van der Waals surface area (Å²) < 4.78 is 12.4. The van der Waals surface area contributed by atoms with Crippen molar-refractivity contribution in [1.29, 1.82) is 0 Å². The molecule has 1 N–H and O–H groups in total. The highest BCUT2D eigenvalue weighted by Crippen LogP contribution is 2.33. The molecule has 3 aromatic rings. The molecule has 0 radical (unpaired) electrons. The Morgan fingerprint density at radius 1 is 1.07 bits per heavy atom. The first-order valence-corrected chi connectivity index (χ1v) is 10.9. The molecule has 1 aromatic heterocycles. The van der Waals surface area contributed by atoms with Gasteiger partial charge in [0, 0.05) is 11.3 Å². The van der Waals surface area contributed by atoms with Crippen LogP contribution in [0.15, 0.2) is 42.5 Å². The molecule has 3 rings (SSSR count). The zero-order chi connectivity index (χ0) is 21.5. The van der Waals surface area contributed by atoms with Crippen molar-refractivity contribution in [1.82, 2.24) is 15.0 Å². The average molecular weight is 427 g/mol. The Morgan fingerprint density at radius 3 is 2.43 bits per heavy atom. The number of carbonyl (C=O) groups excluding carboxylic acids is 1. The predicted molar refractivity (Wildman–Crippen MR) is 120 cm³/mol. The highest BCUT2D eigenvalue weighted by atomic mass is 32.2. The highest BCUT2D eigenvalue weighted by molar-refractivity contribution is 7.98. The van der Waals surface area contributed by atoms with Crippen molar-refractivity contribution in [3.05, 3.63) is 53.7 Å². The van der Waals surface area contributed by atoms with Crippen LogP contribution < -0.4 is 14.8 Å². The lowest BCUT2D eigenvalue weighted by Gasteiger charge is -2.11. The van der Waals surface area contributed by atoms with Gasteiger partial charge in [0.1, 0.15) is 5.69 Å². The van der Waals surface area contributed by atoms with E-state index in [9.17, 15) is 4.79 Å². The number of ether oxygens (including phenoxy) is 2. The maximum Gasteiger partial charge on any atom is 0.276 e. The number of rotatable bonds is 9. The average Bonchev–Trinajstić information content (AvgIpc) is 3.21. The summed E-state index contributed by atoms with van der Waals surface area (Å²) in [6.07, 6.45) is 0.947. The molecule has 0 saturated carbocycles. The Kier molecular flexibility index (Phi) is 7.35. The molecular formula is C22H26N4O3S. The molecule has 158 valence electrons. The minimum absolute atomic E-state index is 0.259. The third kappa shape index (κ3) is 4.76. The van der Waals surface area contributed by atoms with E-state index in [2.05, 4.69) is 29.5 Å². The van der Waals surface area contributed by atoms with Gasteiger partial charge in [-0.05, 0) is 48.1 Å². The first kappa shape index (κ1) is 21.7. The molecule has 0 fully saturated rings. The second-order valence-corrected chi connectivity index (χ2v) is 7.73. The SMILES string of the molecule is CCSCn1nnc(-c2ccc(OC)c(OC)c2)c1C(=O)Nc1ccc(CC)cc1.